The van der Waals surface area contributed by atoms with Gasteiger partial charge in [-0.3, -0.25) is 29.5 Å². The molecule has 206 valence electrons. The number of aliphatic hydroxyl groups excluding tert-OH is 1. The molecule has 0 saturated heterocycles. The van der Waals surface area contributed by atoms with Gasteiger partial charge in [0.1, 0.15) is 11.5 Å². The summed E-state index contributed by atoms with van der Waals surface area (Å²) in [5.74, 6) is 0. The van der Waals surface area contributed by atoms with E-state index in [0.717, 1.165) is 30.3 Å². The fraction of sp³-hybridized carbons (Fsp3) is 0.0400. The van der Waals surface area contributed by atoms with E-state index in [2.05, 4.69) is 21.1 Å². The van der Waals surface area contributed by atoms with Gasteiger partial charge in [-0.05, 0) is 60.2 Å². The summed E-state index contributed by atoms with van der Waals surface area (Å²) in [5, 5.41) is 17.8. The third-order valence-corrected chi connectivity index (χ3v) is 7.27. The SMILES string of the molecule is O=c1c(C(O)c2ccccc2)cc(=NNc2ccc(S(=O)(=O)O)cc2)c(=O)c1=NNc1ccc(S(=O)(=O)O)cc1. The maximum atomic E-state index is 13.2. The summed E-state index contributed by atoms with van der Waals surface area (Å²) in [6, 6.07) is 18.7. The summed E-state index contributed by atoms with van der Waals surface area (Å²) in [5.41, 5.74) is 3.77. The van der Waals surface area contributed by atoms with Gasteiger partial charge in [0.05, 0.1) is 21.2 Å². The lowest BCUT2D eigenvalue weighted by molar-refractivity contribution is 0.219. The predicted octanol–water partition coefficient (Wildman–Crippen LogP) is 0.713. The smallest absolute Gasteiger partial charge is 0.294 e. The monoisotopic (exact) mass is 584 g/mol. The number of rotatable bonds is 8. The molecule has 0 heterocycles. The minimum Gasteiger partial charge on any atom is -0.384 e. The van der Waals surface area contributed by atoms with Gasteiger partial charge in [0, 0.05) is 5.56 Å². The zero-order valence-corrected chi connectivity index (χ0v) is 21.8. The normalized spacial score (nSPS) is 13.7. The predicted molar refractivity (Wildman–Crippen MR) is 143 cm³/mol. The summed E-state index contributed by atoms with van der Waals surface area (Å²) in [6.45, 7) is 0. The van der Waals surface area contributed by atoms with Crippen LogP contribution >= 0.6 is 0 Å². The fourth-order valence-corrected chi connectivity index (χ4v) is 4.45. The van der Waals surface area contributed by atoms with Gasteiger partial charge in [0.15, 0.2) is 5.36 Å². The molecule has 0 aliphatic carbocycles. The average molecular weight is 585 g/mol. The van der Waals surface area contributed by atoms with Crippen molar-refractivity contribution in [2.75, 3.05) is 10.9 Å². The molecular formula is C25H20N4O9S2. The zero-order valence-electron chi connectivity index (χ0n) is 20.2. The molecule has 0 aliphatic heterocycles. The molecule has 40 heavy (non-hydrogen) atoms. The Labute approximate surface area is 226 Å². The van der Waals surface area contributed by atoms with Crippen LogP contribution in [0.5, 0.6) is 0 Å². The van der Waals surface area contributed by atoms with Crippen LogP contribution in [-0.2, 0) is 20.2 Å². The Kier molecular flexibility index (Phi) is 8.03. The molecule has 0 bridgehead atoms. The van der Waals surface area contributed by atoms with E-state index >= 15 is 0 Å². The van der Waals surface area contributed by atoms with Crippen molar-refractivity contribution in [3.05, 3.63) is 127 Å². The molecule has 0 spiro atoms. The van der Waals surface area contributed by atoms with Crippen molar-refractivity contribution in [1.82, 2.24) is 0 Å². The van der Waals surface area contributed by atoms with Gasteiger partial charge in [-0.2, -0.15) is 27.0 Å². The molecular weight excluding hydrogens is 564 g/mol. The lowest BCUT2D eigenvalue weighted by atomic mass is 10.0. The molecule has 0 radical (unpaired) electrons. The Balaban J connectivity index is 1.80. The van der Waals surface area contributed by atoms with Crippen molar-refractivity contribution >= 4 is 31.6 Å². The minimum atomic E-state index is -4.43. The highest BCUT2D eigenvalue weighted by molar-refractivity contribution is 7.86. The summed E-state index contributed by atoms with van der Waals surface area (Å²) in [4.78, 5) is 25.6. The second kappa shape index (κ2) is 11.3. The molecule has 5 N–H and O–H groups in total. The lowest BCUT2D eigenvalue weighted by Crippen LogP contribution is -2.50. The minimum absolute atomic E-state index is 0.177. The summed E-state index contributed by atoms with van der Waals surface area (Å²) in [6.07, 6.45) is -1.44. The van der Waals surface area contributed by atoms with Crippen LogP contribution in [0.25, 0.3) is 0 Å². The van der Waals surface area contributed by atoms with E-state index in [0.29, 0.717) is 5.56 Å². The molecule has 13 nitrogen and oxygen atoms in total. The van der Waals surface area contributed by atoms with Crippen LogP contribution in [0.15, 0.2) is 115 Å². The first-order valence-corrected chi connectivity index (χ1v) is 14.1. The molecule has 0 aromatic heterocycles. The topological polar surface area (TPSA) is 212 Å². The van der Waals surface area contributed by atoms with Crippen LogP contribution in [0.1, 0.15) is 17.2 Å². The second-order valence-electron chi connectivity index (χ2n) is 8.25. The molecule has 4 aromatic rings. The molecule has 0 saturated carbocycles. The van der Waals surface area contributed by atoms with Gasteiger partial charge < -0.3 is 5.11 Å². The van der Waals surface area contributed by atoms with Crippen LogP contribution in [0.3, 0.4) is 0 Å². The quantitative estimate of drug-likeness (QED) is 0.144. The van der Waals surface area contributed by atoms with Crippen LogP contribution < -0.4 is 32.4 Å². The Hall–Kier alpha value is -4.54. The van der Waals surface area contributed by atoms with Gasteiger partial charge in [-0.15, -0.1) is 0 Å². The first-order valence-electron chi connectivity index (χ1n) is 11.2. The average Bonchev–Trinajstić information content (AvgIpc) is 2.92. The highest BCUT2D eigenvalue weighted by Crippen LogP contribution is 2.17. The van der Waals surface area contributed by atoms with E-state index < -0.39 is 42.6 Å². The fourth-order valence-electron chi connectivity index (χ4n) is 3.49. The maximum Gasteiger partial charge on any atom is 0.294 e. The van der Waals surface area contributed by atoms with E-state index in [-0.39, 0.29) is 32.1 Å². The van der Waals surface area contributed by atoms with Gasteiger partial charge in [-0.1, -0.05) is 30.3 Å². The molecule has 4 aromatic carbocycles. The van der Waals surface area contributed by atoms with Crippen molar-refractivity contribution in [2.45, 2.75) is 15.9 Å². The van der Waals surface area contributed by atoms with Crippen molar-refractivity contribution < 1.29 is 31.0 Å². The Morgan fingerprint density at radius 2 is 1.12 bits per heavy atom. The van der Waals surface area contributed by atoms with E-state index in [4.69, 9.17) is 9.11 Å². The molecule has 4 rings (SSSR count). The second-order valence-corrected chi connectivity index (χ2v) is 11.1. The van der Waals surface area contributed by atoms with E-state index in [9.17, 15) is 31.5 Å². The Morgan fingerprint density at radius 3 is 1.60 bits per heavy atom. The molecule has 0 aliphatic rings. The molecule has 1 unspecified atom stereocenters. The third-order valence-electron chi connectivity index (χ3n) is 5.53. The van der Waals surface area contributed by atoms with Gasteiger partial charge in [-0.25, -0.2) is 0 Å². The molecule has 15 heteroatoms. The number of benzene rings is 4. The van der Waals surface area contributed by atoms with E-state index in [1.54, 1.807) is 30.3 Å². The van der Waals surface area contributed by atoms with E-state index in [1.165, 1.54) is 24.3 Å². The summed E-state index contributed by atoms with van der Waals surface area (Å²) < 4.78 is 63.2. The van der Waals surface area contributed by atoms with Gasteiger partial charge in [0.25, 0.3) is 20.2 Å². The van der Waals surface area contributed by atoms with Crippen molar-refractivity contribution in [3.63, 3.8) is 0 Å². The number of anilines is 2. The van der Waals surface area contributed by atoms with Crippen molar-refractivity contribution in [2.24, 2.45) is 10.2 Å². The number of hydrogen-bond donors (Lipinski definition) is 5. The third kappa shape index (κ3) is 6.53. The van der Waals surface area contributed by atoms with Gasteiger partial charge >= 0.3 is 0 Å². The number of aliphatic hydroxyl groups is 1. The molecule has 0 fully saturated rings. The Morgan fingerprint density at radius 1 is 0.650 bits per heavy atom. The van der Waals surface area contributed by atoms with Crippen LogP contribution in [0.4, 0.5) is 11.4 Å². The Bertz CT molecular complexity index is 1990. The standard InChI is InChI=1S/C25H20N4O9S2/c30-23(15-4-2-1-3-5-15)20-14-21(28-26-16-6-10-18(11-7-16)39(33,34)35)25(32)22(24(20)31)29-27-17-8-12-19(13-9-17)40(36,37)38/h1-14,23,26-27,30H,(H,33,34,35)(H,36,37,38). The van der Waals surface area contributed by atoms with E-state index in [1.807, 2.05) is 0 Å². The van der Waals surface area contributed by atoms with Crippen molar-refractivity contribution in [1.29, 1.82) is 0 Å². The largest absolute Gasteiger partial charge is 0.384 e. The number of nitrogens with one attached hydrogen (secondary N) is 2. The highest BCUT2D eigenvalue weighted by atomic mass is 32.2. The number of nitrogens with zero attached hydrogens (tertiary/aromatic N) is 2. The first kappa shape index (κ1) is 28.5. The summed E-state index contributed by atoms with van der Waals surface area (Å²) >= 11 is 0. The van der Waals surface area contributed by atoms with Gasteiger partial charge in [0.2, 0.25) is 10.9 Å². The lowest BCUT2D eigenvalue weighted by Gasteiger charge is -2.10. The number of hydrogen-bond acceptors (Lipinski definition) is 11. The summed E-state index contributed by atoms with van der Waals surface area (Å²) in [7, 11) is -8.85. The van der Waals surface area contributed by atoms with Crippen molar-refractivity contribution in [3.8, 4) is 0 Å². The van der Waals surface area contributed by atoms with Crippen LogP contribution in [0.2, 0.25) is 0 Å². The van der Waals surface area contributed by atoms with Crippen LogP contribution in [0, 0.1) is 0 Å². The first-order chi connectivity index (χ1) is 18.8. The molecule has 1 atom stereocenters. The highest BCUT2D eigenvalue weighted by Gasteiger charge is 2.18. The molecule has 0 amide bonds. The van der Waals surface area contributed by atoms with Crippen LogP contribution in [-0.4, -0.2) is 31.0 Å². The zero-order chi connectivity index (χ0) is 29.1. The maximum absolute atomic E-state index is 13.2.